The monoisotopic (exact) mass is 434 g/mol. The Balaban J connectivity index is 1.20. The van der Waals surface area contributed by atoms with Crippen molar-refractivity contribution in [3.05, 3.63) is 119 Å². The molecule has 6 rings (SSSR count). The van der Waals surface area contributed by atoms with Crippen LogP contribution in [-0.4, -0.2) is 13.5 Å². The molecule has 0 N–H and O–H groups in total. The van der Waals surface area contributed by atoms with Crippen molar-refractivity contribution in [3.63, 3.8) is 0 Å². The fraction of sp³-hybridized carbons (Fsp3) is 0.172. The average molecular weight is 435 g/mol. The van der Waals surface area contributed by atoms with Crippen molar-refractivity contribution < 1.29 is 9.47 Å². The summed E-state index contributed by atoms with van der Waals surface area (Å²) in [6, 6.07) is 34.1. The zero-order valence-electron chi connectivity index (χ0n) is 18.5. The molecule has 0 radical (unpaired) electrons. The molecule has 0 amide bonds. The molecule has 4 nitrogen and oxygen atoms in total. The largest absolute Gasteiger partial charge is 0.473 e. The zero-order chi connectivity index (χ0) is 22.0. The summed E-state index contributed by atoms with van der Waals surface area (Å²) in [5.74, 6) is 1.98. The second-order valence-corrected chi connectivity index (χ2v) is 8.67. The number of anilines is 2. The van der Waals surface area contributed by atoms with Crippen LogP contribution in [-0.2, 0) is 19.5 Å². The number of benzene rings is 4. The number of hydrogen-bond donors (Lipinski definition) is 0. The van der Waals surface area contributed by atoms with Crippen molar-refractivity contribution >= 4 is 11.4 Å². The van der Waals surface area contributed by atoms with Gasteiger partial charge in [-0.25, -0.2) is 0 Å². The number of hydrogen-bond acceptors (Lipinski definition) is 4. The first-order chi connectivity index (χ1) is 16.3. The summed E-state index contributed by atoms with van der Waals surface area (Å²) in [5.41, 5.74) is 7.43. The number of para-hydroxylation sites is 2. The van der Waals surface area contributed by atoms with Crippen LogP contribution >= 0.6 is 0 Å². The highest BCUT2D eigenvalue weighted by Crippen LogP contribution is 2.32. The van der Waals surface area contributed by atoms with Crippen LogP contribution in [0, 0.1) is 0 Å². The maximum absolute atomic E-state index is 6.03. The Hall–Kier alpha value is -3.92. The third-order valence-corrected chi connectivity index (χ3v) is 6.37. The minimum absolute atomic E-state index is 0.582. The number of ether oxygens (including phenoxy) is 2. The van der Waals surface area contributed by atoms with E-state index in [1.54, 1.807) is 0 Å². The van der Waals surface area contributed by atoms with Gasteiger partial charge in [0.2, 0.25) is 0 Å². The van der Waals surface area contributed by atoms with Gasteiger partial charge in [0.25, 0.3) is 0 Å². The van der Waals surface area contributed by atoms with Crippen LogP contribution < -0.4 is 19.3 Å². The minimum atomic E-state index is 0.582. The molecule has 4 aromatic rings. The van der Waals surface area contributed by atoms with Crippen LogP contribution in [0.4, 0.5) is 11.4 Å². The Kier molecular flexibility index (Phi) is 5.11. The first-order valence-electron chi connectivity index (χ1n) is 11.4. The number of fused-ring (bicyclic) bond motifs is 2. The average Bonchev–Trinajstić information content (AvgIpc) is 2.89. The molecular weight excluding hydrogens is 408 g/mol. The maximum atomic E-state index is 6.03. The van der Waals surface area contributed by atoms with Gasteiger partial charge in [0, 0.05) is 35.6 Å². The van der Waals surface area contributed by atoms with E-state index in [0.717, 1.165) is 31.0 Å². The highest BCUT2D eigenvalue weighted by atomic mass is 16.5. The zero-order valence-corrected chi connectivity index (χ0v) is 18.5. The van der Waals surface area contributed by atoms with E-state index in [0.29, 0.717) is 13.5 Å². The third-order valence-electron chi connectivity index (χ3n) is 6.37. The molecule has 2 aliphatic rings. The van der Waals surface area contributed by atoms with Gasteiger partial charge < -0.3 is 19.3 Å². The molecule has 0 atom stereocenters. The van der Waals surface area contributed by atoms with E-state index in [1.807, 2.05) is 12.1 Å². The lowest BCUT2D eigenvalue weighted by Crippen LogP contribution is -2.32. The van der Waals surface area contributed by atoms with Crippen molar-refractivity contribution in [2.24, 2.45) is 0 Å². The van der Waals surface area contributed by atoms with Crippen molar-refractivity contribution in [2.75, 3.05) is 23.3 Å². The predicted octanol–water partition coefficient (Wildman–Crippen LogP) is 5.99. The van der Waals surface area contributed by atoms with Gasteiger partial charge in [-0.15, -0.1) is 0 Å². The highest BCUT2D eigenvalue weighted by Gasteiger charge is 2.20. The SMILES string of the molecule is c1ccc(N2COc3ccc(Cc4ccc5c(c4)CN(c4ccccc4)CO5)cc3C2)cc1. The van der Waals surface area contributed by atoms with Gasteiger partial charge in [-0.05, 0) is 66.1 Å². The van der Waals surface area contributed by atoms with Crippen LogP contribution in [0.5, 0.6) is 11.5 Å². The topological polar surface area (TPSA) is 24.9 Å². The lowest BCUT2D eigenvalue weighted by molar-refractivity contribution is 0.289. The summed E-state index contributed by atoms with van der Waals surface area (Å²) in [7, 11) is 0. The quantitative estimate of drug-likeness (QED) is 0.394. The molecule has 4 heteroatoms. The second-order valence-electron chi connectivity index (χ2n) is 8.67. The summed E-state index contributed by atoms with van der Waals surface area (Å²) in [5, 5.41) is 0. The van der Waals surface area contributed by atoms with E-state index < -0.39 is 0 Å². The van der Waals surface area contributed by atoms with E-state index in [9.17, 15) is 0 Å². The molecule has 0 fully saturated rings. The Morgan fingerprint density at radius 3 is 1.45 bits per heavy atom. The van der Waals surface area contributed by atoms with Crippen LogP contribution in [0.3, 0.4) is 0 Å². The molecule has 164 valence electrons. The Bertz CT molecular complexity index is 1160. The molecule has 2 aliphatic heterocycles. The molecule has 0 bridgehead atoms. The highest BCUT2D eigenvalue weighted by molar-refractivity contribution is 5.52. The lowest BCUT2D eigenvalue weighted by Gasteiger charge is -2.31. The van der Waals surface area contributed by atoms with Crippen molar-refractivity contribution in [3.8, 4) is 11.5 Å². The van der Waals surface area contributed by atoms with Gasteiger partial charge in [0.05, 0.1) is 0 Å². The minimum Gasteiger partial charge on any atom is -0.473 e. The van der Waals surface area contributed by atoms with E-state index in [1.165, 1.54) is 33.6 Å². The summed E-state index contributed by atoms with van der Waals surface area (Å²) in [6.45, 7) is 2.88. The third kappa shape index (κ3) is 4.12. The maximum Gasteiger partial charge on any atom is 0.161 e. The molecule has 0 aromatic heterocycles. The molecule has 33 heavy (non-hydrogen) atoms. The van der Waals surface area contributed by atoms with E-state index in [-0.39, 0.29) is 0 Å². The van der Waals surface area contributed by atoms with E-state index in [4.69, 9.17) is 9.47 Å². The molecule has 0 saturated carbocycles. The van der Waals surface area contributed by atoms with Gasteiger partial charge in [0.1, 0.15) is 11.5 Å². The first-order valence-corrected chi connectivity index (χ1v) is 11.4. The van der Waals surface area contributed by atoms with Gasteiger partial charge in [-0.3, -0.25) is 0 Å². The van der Waals surface area contributed by atoms with Crippen molar-refractivity contribution in [1.29, 1.82) is 0 Å². The Labute approximate surface area is 194 Å². The van der Waals surface area contributed by atoms with Crippen molar-refractivity contribution in [1.82, 2.24) is 0 Å². The Morgan fingerprint density at radius 1 is 0.545 bits per heavy atom. The normalized spacial score (nSPS) is 14.7. The Morgan fingerprint density at radius 2 is 1.00 bits per heavy atom. The van der Waals surface area contributed by atoms with E-state index in [2.05, 4.69) is 94.7 Å². The van der Waals surface area contributed by atoms with Crippen LogP contribution in [0.15, 0.2) is 97.1 Å². The fourth-order valence-corrected chi connectivity index (χ4v) is 4.66. The molecule has 2 heterocycles. The number of nitrogens with zero attached hydrogens (tertiary/aromatic N) is 2. The summed E-state index contributed by atoms with van der Waals surface area (Å²) in [4.78, 5) is 4.53. The van der Waals surface area contributed by atoms with Gasteiger partial charge in [-0.1, -0.05) is 48.5 Å². The molecule has 4 aromatic carbocycles. The first kappa shape index (κ1) is 19.7. The molecule has 0 spiro atoms. The van der Waals surface area contributed by atoms with E-state index >= 15 is 0 Å². The van der Waals surface area contributed by atoms with Crippen LogP contribution in [0.2, 0.25) is 0 Å². The number of rotatable bonds is 4. The summed E-state index contributed by atoms with van der Waals surface area (Å²) in [6.07, 6.45) is 0.886. The molecule has 0 unspecified atom stereocenters. The molecular formula is C29H26N2O2. The van der Waals surface area contributed by atoms with Gasteiger partial charge in [-0.2, -0.15) is 0 Å². The van der Waals surface area contributed by atoms with Gasteiger partial charge in [0.15, 0.2) is 13.5 Å². The molecule has 0 saturated heterocycles. The molecule has 0 aliphatic carbocycles. The predicted molar refractivity (Wildman–Crippen MR) is 132 cm³/mol. The van der Waals surface area contributed by atoms with Crippen LogP contribution in [0.25, 0.3) is 0 Å². The lowest BCUT2D eigenvalue weighted by atomic mass is 9.99. The van der Waals surface area contributed by atoms with Gasteiger partial charge >= 0.3 is 0 Å². The summed E-state index contributed by atoms with van der Waals surface area (Å²) < 4.78 is 12.1. The second kappa shape index (κ2) is 8.55. The van der Waals surface area contributed by atoms with Crippen LogP contribution in [0.1, 0.15) is 22.3 Å². The standard InChI is InChI=1S/C29H26N2O2/c1-3-7-26(8-4-1)30-18-24-16-22(11-13-28(24)32-20-30)15-23-12-14-29-25(17-23)19-31(21-33-29)27-9-5-2-6-10-27/h1-14,16-17H,15,18-21H2. The van der Waals surface area contributed by atoms with Crippen molar-refractivity contribution in [2.45, 2.75) is 19.5 Å². The smallest absolute Gasteiger partial charge is 0.161 e. The summed E-state index contributed by atoms with van der Waals surface area (Å²) >= 11 is 0. The fourth-order valence-electron chi connectivity index (χ4n) is 4.66.